The predicted octanol–water partition coefficient (Wildman–Crippen LogP) is 3.41. The summed E-state index contributed by atoms with van der Waals surface area (Å²) in [5.74, 6) is -0.399. The highest BCUT2D eigenvalue weighted by molar-refractivity contribution is 7.17. The van der Waals surface area contributed by atoms with Gasteiger partial charge in [0.2, 0.25) is 5.91 Å². The Balaban J connectivity index is 1.68. The summed E-state index contributed by atoms with van der Waals surface area (Å²) >= 11 is 1.33. The van der Waals surface area contributed by atoms with E-state index in [2.05, 4.69) is 5.32 Å². The molecule has 1 aliphatic rings. The molecule has 3 rings (SSSR count). The van der Waals surface area contributed by atoms with Gasteiger partial charge in [-0.15, -0.1) is 11.3 Å². The minimum absolute atomic E-state index is 0.0473. The lowest BCUT2D eigenvalue weighted by Gasteiger charge is -2.26. The molecule has 152 valence electrons. The zero-order valence-electron chi connectivity index (χ0n) is 15.7. The van der Waals surface area contributed by atoms with Gasteiger partial charge in [0.15, 0.2) is 0 Å². The highest BCUT2D eigenvalue weighted by Crippen LogP contribution is 2.39. The molecule has 1 aliphatic heterocycles. The Morgan fingerprint density at radius 2 is 2.24 bits per heavy atom. The van der Waals surface area contributed by atoms with Gasteiger partial charge in [-0.25, -0.2) is 4.79 Å². The molecule has 2 heterocycles. The summed E-state index contributed by atoms with van der Waals surface area (Å²) in [6, 6.07) is 5.98. The molecule has 0 saturated heterocycles. The van der Waals surface area contributed by atoms with E-state index in [-0.39, 0.29) is 11.8 Å². The molecule has 0 aliphatic carbocycles. The average Bonchev–Trinajstić information content (AvgIpc) is 3.01. The lowest BCUT2D eigenvalue weighted by molar-refractivity contribution is -0.384. The molecule has 0 radical (unpaired) electrons. The van der Waals surface area contributed by atoms with Gasteiger partial charge in [-0.3, -0.25) is 14.9 Å². The number of fused-ring (bicyclic) bond motifs is 1. The van der Waals surface area contributed by atoms with Gasteiger partial charge < -0.3 is 20.7 Å². The smallest absolute Gasteiger partial charge is 0.410 e. The first kappa shape index (κ1) is 20.3. The first-order valence-electron chi connectivity index (χ1n) is 8.94. The lowest BCUT2D eigenvalue weighted by Crippen LogP contribution is -2.35. The highest BCUT2D eigenvalue weighted by Gasteiger charge is 2.26. The minimum Gasteiger partial charge on any atom is -0.450 e. The number of nitrogen functional groups attached to an aromatic ring is 1. The Morgan fingerprint density at radius 3 is 2.97 bits per heavy atom. The Kier molecular flexibility index (Phi) is 6.13. The van der Waals surface area contributed by atoms with Crippen molar-refractivity contribution in [3.8, 4) is 0 Å². The third kappa shape index (κ3) is 4.72. The molecular formula is C19H20N4O5S. The van der Waals surface area contributed by atoms with Crippen LogP contribution in [0.5, 0.6) is 0 Å². The quantitative estimate of drug-likeness (QED) is 0.437. The van der Waals surface area contributed by atoms with Crippen LogP contribution in [0.25, 0.3) is 6.08 Å². The van der Waals surface area contributed by atoms with Crippen LogP contribution in [0.3, 0.4) is 0 Å². The molecule has 0 fully saturated rings. The van der Waals surface area contributed by atoms with Gasteiger partial charge in [0, 0.05) is 29.6 Å². The van der Waals surface area contributed by atoms with Gasteiger partial charge in [0.25, 0.3) is 5.69 Å². The molecule has 2 amide bonds. The number of non-ortho nitro benzene ring substituents is 1. The van der Waals surface area contributed by atoms with Crippen LogP contribution in [0.2, 0.25) is 0 Å². The number of rotatable bonds is 5. The van der Waals surface area contributed by atoms with Crippen molar-refractivity contribution in [2.75, 3.05) is 24.2 Å². The number of nitrogens with two attached hydrogens (primary N) is 1. The summed E-state index contributed by atoms with van der Waals surface area (Å²) in [4.78, 5) is 37.0. The van der Waals surface area contributed by atoms with Crippen LogP contribution < -0.4 is 11.1 Å². The zero-order chi connectivity index (χ0) is 21.0. The van der Waals surface area contributed by atoms with Gasteiger partial charge in [-0.1, -0.05) is 12.1 Å². The number of ether oxygens (including phenoxy) is 1. The van der Waals surface area contributed by atoms with Crippen molar-refractivity contribution in [3.05, 3.63) is 56.5 Å². The molecule has 9 nitrogen and oxygen atoms in total. The maximum absolute atomic E-state index is 12.3. The second-order valence-electron chi connectivity index (χ2n) is 6.29. The molecule has 3 N–H and O–H groups in total. The van der Waals surface area contributed by atoms with Crippen molar-refractivity contribution in [3.63, 3.8) is 0 Å². The zero-order valence-corrected chi connectivity index (χ0v) is 16.5. The first-order chi connectivity index (χ1) is 13.9. The van der Waals surface area contributed by atoms with E-state index in [9.17, 15) is 19.7 Å². The lowest BCUT2D eigenvalue weighted by atomic mass is 10.1. The van der Waals surface area contributed by atoms with Crippen LogP contribution in [0.15, 0.2) is 30.3 Å². The number of hydrogen-bond donors (Lipinski definition) is 2. The van der Waals surface area contributed by atoms with Crippen LogP contribution in [0.1, 0.15) is 22.9 Å². The summed E-state index contributed by atoms with van der Waals surface area (Å²) in [7, 11) is 0. The molecule has 2 aromatic rings. The molecular weight excluding hydrogens is 396 g/mol. The average molecular weight is 416 g/mol. The Morgan fingerprint density at radius 1 is 1.45 bits per heavy atom. The second-order valence-corrected chi connectivity index (χ2v) is 7.40. The van der Waals surface area contributed by atoms with E-state index in [1.165, 1.54) is 35.6 Å². The van der Waals surface area contributed by atoms with Gasteiger partial charge in [0.1, 0.15) is 5.00 Å². The maximum Gasteiger partial charge on any atom is 0.410 e. The highest BCUT2D eigenvalue weighted by atomic mass is 32.1. The van der Waals surface area contributed by atoms with E-state index in [1.807, 2.05) is 0 Å². The largest absolute Gasteiger partial charge is 0.450 e. The summed E-state index contributed by atoms with van der Waals surface area (Å²) in [6.07, 6.45) is 3.02. The van der Waals surface area contributed by atoms with E-state index in [0.717, 1.165) is 10.4 Å². The van der Waals surface area contributed by atoms with Crippen molar-refractivity contribution in [1.82, 2.24) is 4.90 Å². The van der Waals surface area contributed by atoms with Crippen molar-refractivity contribution in [1.29, 1.82) is 0 Å². The summed E-state index contributed by atoms with van der Waals surface area (Å²) in [5.41, 5.74) is 8.11. The van der Waals surface area contributed by atoms with Gasteiger partial charge in [-0.05, 0) is 30.5 Å². The Labute approximate surface area is 170 Å². The van der Waals surface area contributed by atoms with Gasteiger partial charge in [0.05, 0.1) is 23.8 Å². The summed E-state index contributed by atoms with van der Waals surface area (Å²) in [5, 5.41) is 14.1. The number of nitrogens with zero attached hydrogens (tertiary/aromatic N) is 2. The molecule has 1 aromatic carbocycles. The number of hydrogen-bond acceptors (Lipinski definition) is 7. The topological polar surface area (TPSA) is 128 Å². The fourth-order valence-electron chi connectivity index (χ4n) is 2.96. The first-order valence-corrected chi connectivity index (χ1v) is 9.76. The number of amides is 2. The predicted molar refractivity (Wildman–Crippen MR) is 111 cm³/mol. The number of anilines is 2. The SMILES string of the molecule is CCOC(=O)N1CCc2c(sc(NC(=O)/C=C/c3cccc([N+](=O)[O-])c3)c2N)C1. The fraction of sp³-hybridized carbons (Fsp3) is 0.263. The Hall–Kier alpha value is -3.40. The van der Waals surface area contributed by atoms with Crippen molar-refractivity contribution < 1.29 is 19.2 Å². The monoisotopic (exact) mass is 416 g/mol. The van der Waals surface area contributed by atoms with Gasteiger partial charge >= 0.3 is 6.09 Å². The number of nitrogens with one attached hydrogen (secondary N) is 1. The standard InChI is InChI=1S/C19H20N4O5S/c1-2-28-19(25)22-9-8-14-15(11-22)29-18(17(14)20)21-16(24)7-6-12-4-3-5-13(10-12)23(26)27/h3-7,10H,2,8-9,11,20H2,1H3,(H,21,24)/b7-6+. The van der Waals surface area contributed by atoms with E-state index >= 15 is 0 Å². The summed E-state index contributed by atoms with van der Waals surface area (Å²) < 4.78 is 5.03. The minimum atomic E-state index is -0.492. The third-order valence-electron chi connectivity index (χ3n) is 4.37. The molecule has 0 saturated carbocycles. The fourth-order valence-corrected chi connectivity index (χ4v) is 4.15. The second kappa shape index (κ2) is 8.74. The van der Waals surface area contributed by atoms with Crippen LogP contribution >= 0.6 is 11.3 Å². The van der Waals surface area contributed by atoms with Gasteiger partial charge in [-0.2, -0.15) is 0 Å². The molecule has 29 heavy (non-hydrogen) atoms. The van der Waals surface area contributed by atoms with Crippen LogP contribution in [0.4, 0.5) is 21.2 Å². The van der Waals surface area contributed by atoms with Crippen molar-refractivity contribution in [2.24, 2.45) is 0 Å². The van der Waals surface area contributed by atoms with Crippen LogP contribution in [0, 0.1) is 10.1 Å². The van der Waals surface area contributed by atoms with E-state index < -0.39 is 10.8 Å². The van der Waals surface area contributed by atoms with E-state index in [1.54, 1.807) is 24.0 Å². The van der Waals surface area contributed by atoms with Crippen LogP contribution in [-0.4, -0.2) is 35.0 Å². The number of nitro benzene ring substituents is 1. The normalized spacial score (nSPS) is 13.2. The summed E-state index contributed by atoms with van der Waals surface area (Å²) in [6.45, 7) is 2.97. The van der Waals surface area contributed by atoms with E-state index in [4.69, 9.17) is 10.5 Å². The van der Waals surface area contributed by atoms with Crippen molar-refractivity contribution >= 4 is 45.8 Å². The maximum atomic E-state index is 12.3. The third-order valence-corrected chi connectivity index (χ3v) is 5.52. The molecule has 0 unspecified atom stereocenters. The number of nitro groups is 1. The van der Waals surface area contributed by atoms with E-state index in [0.29, 0.717) is 42.4 Å². The molecule has 10 heteroatoms. The molecule has 0 bridgehead atoms. The Bertz CT molecular complexity index is 985. The van der Waals surface area contributed by atoms with Crippen LogP contribution in [-0.2, 0) is 22.5 Å². The number of carbonyl (C=O) groups is 2. The molecule has 0 atom stereocenters. The number of benzene rings is 1. The number of carbonyl (C=O) groups excluding carboxylic acids is 2. The van der Waals surface area contributed by atoms with Crippen molar-refractivity contribution in [2.45, 2.75) is 19.9 Å². The number of thiophene rings is 1. The molecule has 0 spiro atoms. The molecule has 1 aromatic heterocycles.